The number of carbonyl (C=O) groups is 2. The van der Waals surface area contributed by atoms with Gasteiger partial charge in [-0.15, -0.1) is 0 Å². The molecule has 0 unspecified atom stereocenters. The van der Waals surface area contributed by atoms with Crippen molar-refractivity contribution >= 4 is 39.1 Å². The molecule has 2 amide bonds. The highest BCUT2D eigenvalue weighted by molar-refractivity contribution is 9.10. The summed E-state index contributed by atoms with van der Waals surface area (Å²) in [6, 6.07) is 9.87. The van der Waals surface area contributed by atoms with Gasteiger partial charge in [0.05, 0.1) is 18.4 Å². The minimum atomic E-state index is -0.334. The quantitative estimate of drug-likeness (QED) is 0.579. The van der Waals surface area contributed by atoms with E-state index < -0.39 is 0 Å². The minimum absolute atomic E-state index is 0.126. The number of benzene rings is 1. The van der Waals surface area contributed by atoms with Crippen LogP contribution in [0.4, 0.5) is 11.4 Å². The van der Waals surface area contributed by atoms with Gasteiger partial charge < -0.3 is 16.4 Å². The molecule has 6 nitrogen and oxygen atoms in total. The van der Waals surface area contributed by atoms with Gasteiger partial charge in [0.1, 0.15) is 4.60 Å². The van der Waals surface area contributed by atoms with Crippen LogP contribution in [0.1, 0.15) is 10.4 Å². The molecule has 1 heterocycles. The molecule has 0 aliphatic heterocycles. The lowest BCUT2D eigenvalue weighted by Gasteiger charge is -2.07. The van der Waals surface area contributed by atoms with E-state index in [2.05, 4.69) is 31.5 Å². The van der Waals surface area contributed by atoms with E-state index in [1.165, 1.54) is 6.20 Å². The maximum Gasteiger partial charge on any atom is 0.251 e. The zero-order valence-corrected chi connectivity index (χ0v) is 12.6. The number of halogens is 1. The molecule has 2 aromatic rings. The maximum atomic E-state index is 11.8. The van der Waals surface area contributed by atoms with Crippen LogP contribution < -0.4 is 16.4 Å². The highest BCUT2D eigenvalue weighted by atomic mass is 79.9. The van der Waals surface area contributed by atoms with Gasteiger partial charge in [0.2, 0.25) is 5.91 Å². The van der Waals surface area contributed by atoms with Crippen LogP contribution >= 0.6 is 15.9 Å². The number of anilines is 2. The first-order valence-electron chi connectivity index (χ1n) is 6.10. The number of hydrogen-bond acceptors (Lipinski definition) is 4. The van der Waals surface area contributed by atoms with Crippen LogP contribution in [0.3, 0.4) is 0 Å². The van der Waals surface area contributed by atoms with Crippen molar-refractivity contribution in [1.29, 1.82) is 0 Å². The number of nitrogen functional groups attached to an aromatic ring is 1. The van der Waals surface area contributed by atoms with Gasteiger partial charge in [-0.3, -0.25) is 9.59 Å². The number of rotatable bonds is 4. The van der Waals surface area contributed by atoms with Crippen molar-refractivity contribution < 1.29 is 9.59 Å². The Labute approximate surface area is 129 Å². The zero-order valence-electron chi connectivity index (χ0n) is 11.0. The Hall–Kier alpha value is -2.41. The van der Waals surface area contributed by atoms with Crippen LogP contribution in [0.5, 0.6) is 0 Å². The van der Waals surface area contributed by atoms with E-state index in [4.69, 9.17) is 5.73 Å². The molecule has 7 heteroatoms. The van der Waals surface area contributed by atoms with E-state index in [0.717, 1.165) is 0 Å². The van der Waals surface area contributed by atoms with Crippen LogP contribution in [0, 0.1) is 0 Å². The van der Waals surface area contributed by atoms with E-state index >= 15 is 0 Å². The smallest absolute Gasteiger partial charge is 0.251 e. The molecule has 0 saturated carbocycles. The zero-order chi connectivity index (χ0) is 15.2. The summed E-state index contributed by atoms with van der Waals surface area (Å²) < 4.78 is 0.678. The van der Waals surface area contributed by atoms with Gasteiger partial charge in [-0.05, 0) is 52.3 Å². The summed E-state index contributed by atoms with van der Waals surface area (Å²) in [6.45, 7) is -0.126. The fraction of sp³-hybridized carbons (Fsp3) is 0.0714. The van der Waals surface area contributed by atoms with Crippen LogP contribution in [0.15, 0.2) is 47.2 Å². The predicted octanol–water partition coefficient (Wildman–Crippen LogP) is 1.79. The number of carbonyl (C=O) groups excluding carboxylic acids is 2. The van der Waals surface area contributed by atoms with E-state index in [1.807, 2.05) is 0 Å². The summed E-state index contributed by atoms with van der Waals surface area (Å²) in [5.74, 6) is -0.665. The molecule has 21 heavy (non-hydrogen) atoms. The highest BCUT2D eigenvalue weighted by Gasteiger charge is 2.08. The molecular weight excluding hydrogens is 336 g/mol. The topological polar surface area (TPSA) is 97.1 Å². The summed E-state index contributed by atoms with van der Waals surface area (Å²) >= 11 is 3.20. The summed E-state index contributed by atoms with van der Waals surface area (Å²) in [6.07, 6.45) is 1.52. The molecule has 0 radical (unpaired) electrons. The second kappa shape index (κ2) is 6.85. The van der Waals surface area contributed by atoms with Gasteiger partial charge in [-0.2, -0.15) is 0 Å². The van der Waals surface area contributed by atoms with E-state index in [0.29, 0.717) is 21.5 Å². The molecule has 0 fully saturated rings. The van der Waals surface area contributed by atoms with E-state index in [1.54, 1.807) is 36.4 Å². The molecule has 4 N–H and O–H groups in total. The molecule has 0 atom stereocenters. The SMILES string of the molecule is Nc1ccc(C(=O)NCC(=O)Nc2ccc(Br)nc2)cc1. The predicted molar refractivity (Wildman–Crippen MR) is 83.8 cm³/mol. The summed E-state index contributed by atoms with van der Waals surface area (Å²) in [4.78, 5) is 27.5. The number of nitrogens with one attached hydrogen (secondary N) is 2. The van der Waals surface area contributed by atoms with Gasteiger partial charge in [-0.25, -0.2) is 4.98 Å². The number of amides is 2. The Bertz CT molecular complexity index is 641. The number of hydrogen-bond donors (Lipinski definition) is 3. The third-order valence-corrected chi connectivity index (χ3v) is 3.06. The first-order chi connectivity index (χ1) is 10.0. The molecule has 0 bridgehead atoms. The molecule has 0 saturated heterocycles. The second-order valence-corrected chi connectivity index (χ2v) is 5.03. The Morgan fingerprint density at radius 1 is 1.14 bits per heavy atom. The van der Waals surface area contributed by atoms with E-state index in [9.17, 15) is 9.59 Å². The monoisotopic (exact) mass is 348 g/mol. The lowest BCUT2D eigenvalue weighted by Crippen LogP contribution is -2.32. The minimum Gasteiger partial charge on any atom is -0.399 e. The average molecular weight is 349 g/mol. The molecule has 1 aromatic carbocycles. The molecule has 108 valence electrons. The second-order valence-electron chi connectivity index (χ2n) is 4.22. The van der Waals surface area contributed by atoms with Crippen molar-refractivity contribution in [2.45, 2.75) is 0 Å². The van der Waals surface area contributed by atoms with Gasteiger partial charge in [0, 0.05) is 11.3 Å². The van der Waals surface area contributed by atoms with Crippen molar-refractivity contribution in [2.24, 2.45) is 0 Å². The van der Waals surface area contributed by atoms with Crippen molar-refractivity contribution in [1.82, 2.24) is 10.3 Å². The number of nitrogens with zero attached hydrogens (tertiary/aromatic N) is 1. The largest absolute Gasteiger partial charge is 0.399 e. The molecule has 0 aliphatic carbocycles. The molecule has 1 aromatic heterocycles. The van der Waals surface area contributed by atoms with Crippen molar-refractivity contribution in [3.05, 3.63) is 52.8 Å². The normalized spacial score (nSPS) is 9.95. The van der Waals surface area contributed by atoms with E-state index in [-0.39, 0.29) is 18.4 Å². The van der Waals surface area contributed by atoms with Gasteiger partial charge in [-0.1, -0.05) is 0 Å². The summed E-state index contributed by atoms with van der Waals surface area (Å²) in [7, 11) is 0. The van der Waals surface area contributed by atoms with Gasteiger partial charge >= 0.3 is 0 Å². The molecule has 0 aliphatic rings. The van der Waals surface area contributed by atoms with Crippen LogP contribution in [-0.2, 0) is 4.79 Å². The Balaban J connectivity index is 1.84. The maximum absolute atomic E-state index is 11.8. The molecular formula is C14H13BrN4O2. The number of aromatic nitrogens is 1. The van der Waals surface area contributed by atoms with Crippen molar-refractivity contribution in [2.75, 3.05) is 17.6 Å². The van der Waals surface area contributed by atoms with Crippen LogP contribution in [0.25, 0.3) is 0 Å². The Morgan fingerprint density at radius 3 is 2.48 bits per heavy atom. The van der Waals surface area contributed by atoms with Crippen LogP contribution in [0.2, 0.25) is 0 Å². The fourth-order valence-electron chi connectivity index (χ4n) is 1.55. The van der Waals surface area contributed by atoms with Gasteiger partial charge in [0.25, 0.3) is 5.91 Å². The summed E-state index contributed by atoms with van der Waals surface area (Å²) in [5.41, 5.74) is 7.12. The van der Waals surface area contributed by atoms with Crippen molar-refractivity contribution in [3.8, 4) is 0 Å². The first-order valence-corrected chi connectivity index (χ1v) is 6.89. The lowest BCUT2D eigenvalue weighted by molar-refractivity contribution is -0.115. The van der Waals surface area contributed by atoms with Crippen molar-refractivity contribution in [3.63, 3.8) is 0 Å². The fourth-order valence-corrected chi connectivity index (χ4v) is 1.79. The number of nitrogens with two attached hydrogens (primary N) is 1. The summed E-state index contributed by atoms with van der Waals surface area (Å²) in [5, 5.41) is 5.16. The lowest BCUT2D eigenvalue weighted by atomic mass is 10.2. The molecule has 2 rings (SSSR count). The van der Waals surface area contributed by atoms with Gasteiger partial charge in [0.15, 0.2) is 0 Å². The Morgan fingerprint density at radius 2 is 1.86 bits per heavy atom. The molecule has 0 spiro atoms. The van der Waals surface area contributed by atoms with Crippen LogP contribution in [-0.4, -0.2) is 23.3 Å². The average Bonchev–Trinajstić information content (AvgIpc) is 2.48. The third-order valence-electron chi connectivity index (χ3n) is 2.59. The Kier molecular flexibility index (Phi) is 4.89. The number of pyridine rings is 1. The highest BCUT2D eigenvalue weighted by Crippen LogP contribution is 2.10. The standard InChI is InChI=1S/C14H13BrN4O2/c15-12-6-5-11(7-17-12)19-13(20)8-18-14(21)9-1-3-10(16)4-2-9/h1-7H,8,16H2,(H,18,21)(H,19,20). The first kappa shape index (κ1) is 15.0. The third kappa shape index (κ3) is 4.57.